The zero-order valence-electron chi connectivity index (χ0n) is 17.6. The minimum atomic E-state index is -0.261. The van der Waals surface area contributed by atoms with Gasteiger partial charge >= 0.3 is 0 Å². The fourth-order valence-corrected chi connectivity index (χ4v) is 4.46. The van der Waals surface area contributed by atoms with Crippen LogP contribution in [0.4, 0.5) is 0 Å². The third kappa shape index (κ3) is 5.14. The van der Waals surface area contributed by atoms with Crippen molar-refractivity contribution in [3.8, 4) is 0 Å². The van der Waals surface area contributed by atoms with Crippen molar-refractivity contribution in [1.29, 1.82) is 0 Å². The largest absolute Gasteiger partial charge is 0.345 e. The molecule has 0 aromatic heterocycles. The summed E-state index contributed by atoms with van der Waals surface area (Å²) in [5, 5.41) is 4.09. The normalized spacial score (nSPS) is 13.0. The van der Waals surface area contributed by atoms with Gasteiger partial charge in [0.1, 0.15) is 0 Å². The molecule has 3 aromatic carbocycles. The maximum Gasteiger partial charge on any atom is 0.223 e. The summed E-state index contributed by atoms with van der Waals surface area (Å²) in [6.45, 7) is 1.04. The summed E-state index contributed by atoms with van der Waals surface area (Å²) < 4.78 is 0. The van der Waals surface area contributed by atoms with Gasteiger partial charge in [-0.3, -0.25) is 9.59 Å². The number of rotatable bonds is 6. The lowest BCUT2D eigenvalue weighted by atomic mass is 9.98. The van der Waals surface area contributed by atoms with E-state index in [4.69, 9.17) is 23.2 Å². The second-order valence-electron chi connectivity index (χ2n) is 7.89. The number of nitrogens with one attached hydrogen (secondary N) is 1. The minimum absolute atomic E-state index is 0.0576. The SMILES string of the molecule is O=C(CCC(=O)N1CCc2ccc(Cl)c(Cl)c2C1)NC(c1ccccc1)c1ccccc1. The molecule has 0 saturated heterocycles. The molecule has 3 aromatic rings. The summed E-state index contributed by atoms with van der Waals surface area (Å²) in [4.78, 5) is 27.3. The van der Waals surface area contributed by atoms with Gasteiger partial charge in [-0.1, -0.05) is 89.9 Å². The average Bonchev–Trinajstić information content (AvgIpc) is 2.84. The van der Waals surface area contributed by atoms with Gasteiger partial charge in [-0.05, 0) is 34.7 Å². The Morgan fingerprint density at radius 2 is 1.50 bits per heavy atom. The monoisotopic (exact) mass is 466 g/mol. The van der Waals surface area contributed by atoms with Gasteiger partial charge in [-0.25, -0.2) is 0 Å². The molecule has 1 N–H and O–H groups in total. The molecular formula is C26H24Cl2N2O2. The van der Waals surface area contributed by atoms with Crippen LogP contribution in [-0.2, 0) is 22.6 Å². The standard InChI is InChI=1S/C26H24Cl2N2O2/c27-22-12-11-18-15-16-30(17-21(18)25(22)28)24(32)14-13-23(31)29-26(19-7-3-1-4-8-19)20-9-5-2-6-10-20/h1-12,26H,13-17H2,(H,29,31). The lowest BCUT2D eigenvalue weighted by molar-refractivity contribution is -0.134. The van der Waals surface area contributed by atoms with E-state index in [-0.39, 0.29) is 30.7 Å². The molecule has 0 saturated carbocycles. The first-order chi connectivity index (χ1) is 15.5. The van der Waals surface area contributed by atoms with Gasteiger partial charge in [-0.15, -0.1) is 0 Å². The maximum atomic E-state index is 12.8. The van der Waals surface area contributed by atoms with Crippen molar-refractivity contribution in [2.75, 3.05) is 6.54 Å². The molecule has 0 unspecified atom stereocenters. The Hall–Kier alpha value is -2.82. The summed E-state index contributed by atoms with van der Waals surface area (Å²) in [5.41, 5.74) is 4.02. The zero-order chi connectivity index (χ0) is 22.5. The molecular weight excluding hydrogens is 443 g/mol. The van der Waals surface area contributed by atoms with Crippen molar-refractivity contribution in [3.63, 3.8) is 0 Å². The number of carbonyl (C=O) groups excluding carboxylic acids is 2. The van der Waals surface area contributed by atoms with E-state index in [0.29, 0.717) is 23.1 Å². The van der Waals surface area contributed by atoms with Crippen molar-refractivity contribution >= 4 is 35.0 Å². The molecule has 1 aliphatic rings. The first kappa shape index (κ1) is 22.4. The number of amides is 2. The Kier molecular flexibility index (Phi) is 7.13. The summed E-state index contributed by atoms with van der Waals surface area (Å²) in [6, 6.07) is 23.1. The lowest BCUT2D eigenvalue weighted by Gasteiger charge is -2.30. The van der Waals surface area contributed by atoms with E-state index in [1.165, 1.54) is 0 Å². The summed E-state index contributed by atoms with van der Waals surface area (Å²) in [5.74, 6) is -0.215. The molecule has 2 amide bonds. The molecule has 0 spiro atoms. The van der Waals surface area contributed by atoms with Gasteiger partial charge in [-0.2, -0.15) is 0 Å². The molecule has 0 bridgehead atoms. The number of halogens is 2. The third-order valence-electron chi connectivity index (χ3n) is 5.78. The summed E-state index contributed by atoms with van der Waals surface area (Å²) in [6.07, 6.45) is 1.01. The van der Waals surface area contributed by atoms with E-state index in [1.54, 1.807) is 11.0 Å². The average molecular weight is 467 g/mol. The first-order valence-corrected chi connectivity index (χ1v) is 11.4. The number of nitrogens with zero attached hydrogens (tertiary/aromatic N) is 1. The van der Waals surface area contributed by atoms with Gasteiger partial charge in [0, 0.05) is 25.9 Å². The van der Waals surface area contributed by atoms with Crippen LogP contribution in [0.2, 0.25) is 10.0 Å². The van der Waals surface area contributed by atoms with Gasteiger partial charge in [0.05, 0.1) is 16.1 Å². The van der Waals surface area contributed by atoms with Crippen molar-refractivity contribution in [1.82, 2.24) is 10.2 Å². The highest BCUT2D eigenvalue weighted by Gasteiger charge is 2.24. The van der Waals surface area contributed by atoms with Crippen LogP contribution in [0.1, 0.15) is 41.1 Å². The predicted octanol–water partition coefficient (Wildman–Crippen LogP) is 5.56. The number of benzene rings is 3. The fourth-order valence-electron chi connectivity index (χ4n) is 4.04. The van der Waals surface area contributed by atoms with Crippen molar-refractivity contribution in [3.05, 3.63) is 105 Å². The Labute approximate surface area is 198 Å². The smallest absolute Gasteiger partial charge is 0.223 e. The van der Waals surface area contributed by atoms with Gasteiger partial charge in [0.15, 0.2) is 0 Å². The van der Waals surface area contributed by atoms with Crippen LogP contribution in [-0.4, -0.2) is 23.3 Å². The van der Waals surface area contributed by atoms with Crippen LogP contribution in [0.15, 0.2) is 72.8 Å². The van der Waals surface area contributed by atoms with E-state index in [0.717, 1.165) is 28.7 Å². The van der Waals surface area contributed by atoms with Crippen LogP contribution in [0.25, 0.3) is 0 Å². The van der Waals surface area contributed by atoms with Crippen molar-refractivity contribution in [2.45, 2.75) is 31.8 Å². The van der Waals surface area contributed by atoms with Crippen molar-refractivity contribution in [2.24, 2.45) is 0 Å². The zero-order valence-corrected chi connectivity index (χ0v) is 19.1. The molecule has 0 fully saturated rings. The summed E-state index contributed by atoms with van der Waals surface area (Å²) in [7, 11) is 0. The Morgan fingerprint density at radius 1 is 0.875 bits per heavy atom. The predicted molar refractivity (Wildman–Crippen MR) is 128 cm³/mol. The van der Waals surface area contributed by atoms with Gasteiger partial charge < -0.3 is 10.2 Å². The van der Waals surface area contributed by atoms with E-state index >= 15 is 0 Å². The highest BCUT2D eigenvalue weighted by atomic mass is 35.5. The molecule has 4 nitrogen and oxygen atoms in total. The second kappa shape index (κ2) is 10.2. The van der Waals surface area contributed by atoms with Crippen LogP contribution in [0, 0.1) is 0 Å². The quantitative estimate of drug-likeness (QED) is 0.516. The highest BCUT2D eigenvalue weighted by Crippen LogP contribution is 2.32. The molecule has 0 atom stereocenters. The number of hydrogen-bond donors (Lipinski definition) is 1. The topological polar surface area (TPSA) is 49.4 Å². The van der Waals surface area contributed by atoms with E-state index in [2.05, 4.69) is 5.32 Å². The second-order valence-corrected chi connectivity index (χ2v) is 8.67. The maximum absolute atomic E-state index is 12.8. The molecule has 164 valence electrons. The molecule has 32 heavy (non-hydrogen) atoms. The Morgan fingerprint density at radius 3 is 2.12 bits per heavy atom. The van der Waals surface area contributed by atoms with Crippen molar-refractivity contribution < 1.29 is 9.59 Å². The van der Waals surface area contributed by atoms with Crippen LogP contribution >= 0.6 is 23.2 Å². The summed E-state index contributed by atoms with van der Waals surface area (Å²) >= 11 is 12.5. The number of carbonyl (C=O) groups is 2. The van der Waals surface area contributed by atoms with E-state index in [9.17, 15) is 9.59 Å². The lowest BCUT2D eigenvalue weighted by Crippen LogP contribution is -2.37. The van der Waals surface area contributed by atoms with Crippen LogP contribution in [0.3, 0.4) is 0 Å². The number of fused-ring (bicyclic) bond motifs is 1. The fraction of sp³-hybridized carbons (Fsp3) is 0.231. The molecule has 6 heteroatoms. The van der Waals surface area contributed by atoms with E-state index < -0.39 is 0 Å². The van der Waals surface area contributed by atoms with Crippen LogP contribution < -0.4 is 5.32 Å². The minimum Gasteiger partial charge on any atom is -0.345 e. The molecule has 1 heterocycles. The molecule has 0 aliphatic carbocycles. The van der Waals surface area contributed by atoms with Gasteiger partial charge in [0.25, 0.3) is 0 Å². The Bertz CT molecular complexity index is 1060. The van der Waals surface area contributed by atoms with E-state index in [1.807, 2.05) is 66.7 Å². The highest BCUT2D eigenvalue weighted by molar-refractivity contribution is 6.42. The first-order valence-electron chi connectivity index (χ1n) is 10.7. The molecule has 4 rings (SSSR count). The molecule has 0 radical (unpaired) electrons. The Balaban J connectivity index is 1.38. The van der Waals surface area contributed by atoms with Crippen LogP contribution in [0.5, 0.6) is 0 Å². The van der Waals surface area contributed by atoms with Gasteiger partial charge in [0.2, 0.25) is 11.8 Å². The third-order valence-corrected chi connectivity index (χ3v) is 6.63. The number of hydrogen-bond acceptors (Lipinski definition) is 2. The molecule has 1 aliphatic heterocycles.